The first-order valence-electron chi connectivity index (χ1n) is 8.74. The standard InChI is InChI=1S/C18H22N4O/c1-2-6-14-13(5-1)19-11-15(20-14)21-16-12-7-10-23-18(12)17(16)22-8-3-4-9-22/h1-2,5-6,11-12,16-18H,3-4,7-10H2,(H,20,21)/t12-,16+,17-,18-/m1/s1. The largest absolute Gasteiger partial charge is 0.376 e. The Balaban J connectivity index is 1.40. The van der Waals surface area contributed by atoms with Crippen molar-refractivity contribution in [3.8, 4) is 0 Å². The Hall–Kier alpha value is -1.72. The Morgan fingerprint density at radius 1 is 1.13 bits per heavy atom. The van der Waals surface area contributed by atoms with Crippen LogP contribution in [-0.2, 0) is 4.74 Å². The first kappa shape index (κ1) is 13.7. The number of nitrogens with zero attached hydrogens (tertiary/aromatic N) is 3. The number of nitrogens with one attached hydrogen (secondary N) is 1. The van der Waals surface area contributed by atoms with E-state index in [-0.39, 0.29) is 0 Å². The van der Waals surface area contributed by atoms with Gasteiger partial charge in [0.2, 0.25) is 0 Å². The summed E-state index contributed by atoms with van der Waals surface area (Å²) in [4.78, 5) is 11.9. The summed E-state index contributed by atoms with van der Waals surface area (Å²) in [6.07, 6.45) is 6.08. The highest BCUT2D eigenvalue weighted by atomic mass is 16.5. The van der Waals surface area contributed by atoms with Crippen molar-refractivity contribution in [2.75, 3.05) is 25.0 Å². The van der Waals surface area contributed by atoms with E-state index < -0.39 is 0 Å². The van der Waals surface area contributed by atoms with Gasteiger partial charge in [-0.25, -0.2) is 4.98 Å². The highest BCUT2D eigenvalue weighted by molar-refractivity contribution is 5.75. The van der Waals surface area contributed by atoms with Crippen molar-refractivity contribution >= 4 is 16.9 Å². The second kappa shape index (κ2) is 5.42. The van der Waals surface area contributed by atoms with Gasteiger partial charge in [0.25, 0.3) is 0 Å². The van der Waals surface area contributed by atoms with E-state index in [4.69, 9.17) is 9.72 Å². The minimum absolute atomic E-state index is 0.416. The lowest BCUT2D eigenvalue weighted by Crippen LogP contribution is -2.67. The molecule has 1 aromatic carbocycles. The van der Waals surface area contributed by atoms with Gasteiger partial charge in [-0.05, 0) is 44.5 Å². The Kier molecular flexibility index (Phi) is 3.23. The molecule has 0 radical (unpaired) electrons. The molecule has 0 spiro atoms. The van der Waals surface area contributed by atoms with Gasteiger partial charge in [-0.15, -0.1) is 0 Å². The van der Waals surface area contributed by atoms with Crippen molar-refractivity contribution in [2.24, 2.45) is 5.92 Å². The molecule has 1 aromatic heterocycles. The molecule has 3 aliphatic rings. The van der Waals surface area contributed by atoms with Gasteiger partial charge in [0.1, 0.15) is 5.82 Å². The number of hydrogen-bond donors (Lipinski definition) is 1. The maximum Gasteiger partial charge on any atom is 0.145 e. The third-order valence-corrected chi connectivity index (χ3v) is 5.67. The van der Waals surface area contributed by atoms with Gasteiger partial charge in [-0.3, -0.25) is 9.88 Å². The van der Waals surface area contributed by atoms with Gasteiger partial charge >= 0.3 is 0 Å². The fourth-order valence-electron chi connectivity index (χ4n) is 4.54. The van der Waals surface area contributed by atoms with E-state index in [0.717, 1.165) is 29.9 Å². The van der Waals surface area contributed by atoms with Crippen LogP contribution in [-0.4, -0.2) is 52.8 Å². The van der Waals surface area contributed by atoms with Crippen molar-refractivity contribution in [1.82, 2.24) is 14.9 Å². The topological polar surface area (TPSA) is 50.3 Å². The number of likely N-dealkylation sites (tertiary alicyclic amines) is 1. The molecule has 3 heterocycles. The highest BCUT2D eigenvalue weighted by Gasteiger charge is 2.56. The van der Waals surface area contributed by atoms with Gasteiger partial charge in [-0.2, -0.15) is 0 Å². The Labute approximate surface area is 136 Å². The van der Waals surface area contributed by atoms with E-state index in [9.17, 15) is 0 Å². The molecule has 5 rings (SSSR count). The highest BCUT2D eigenvalue weighted by Crippen LogP contribution is 2.44. The molecular formula is C18H22N4O. The normalized spacial score (nSPS) is 33.6. The molecular weight excluding hydrogens is 288 g/mol. The van der Waals surface area contributed by atoms with Gasteiger partial charge in [0.15, 0.2) is 0 Å². The van der Waals surface area contributed by atoms with E-state index in [0.29, 0.717) is 24.1 Å². The Morgan fingerprint density at radius 2 is 1.96 bits per heavy atom. The summed E-state index contributed by atoms with van der Waals surface area (Å²) in [5, 5.41) is 3.67. The van der Waals surface area contributed by atoms with Crippen LogP contribution in [0.5, 0.6) is 0 Å². The number of rotatable bonds is 3. The zero-order valence-electron chi connectivity index (χ0n) is 13.2. The average Bonchev–Trinajstić information content (AvgIpc) is 3.24. The summed E-state index contributed by atoms with van der Waals surface area (Å²) in [5.41, 5.74) is 1.90. The van der Waals surface area contributed by atoms with Crippen LogP contribution in [0.3, 0.4) is 0 Å². The van der Waals surface area contributed by atoms with Crippen molar-refractivity contribution in [3.05, 3.63) is 30.5 Å². The van der Waals surface area contributed by atoms with Crippen LogP contribution >= 0.6 is 0 Å². The number of para-hydroxylation sites is 2. The third-order valence-electron chi connectivity index (χ3n) is 5.67. The number of aromatic nitrogens is 2. The monoisotopic (exact) mass is 310 g/mol. The molecule has 0 unspecified atom stereocenters. The predicted octanol–water partition coefficient (Wildman–Crippen LogP) is 2.29. The molecule has 4 atom stereocenters. The smallest absolute Gasteiger partial charge is 0.145 e. The number of benzene rings is 1. The van der Waals surface area contributed by atoms with Crippen LogP contribution in [0.4, 0.5) is 5.82 Å². The molecule has 0 bridgehead atoms. The second-order valence-electron chi connectivity index (χ2n) is 6.94. The molecule has 2 aliphatic heterocycles. The molecule has 5 nitrogen and oxygen atoms in total. The molecule has 1 aliphatic carbocycles. The summed E-state index contributed by atoms with van der Waals surface area (Å²) < 4.78 is 6.00. The number of anilines is 1. The summed E-state index contributed by atoms with van der Waals surface area (Å²) in [6, 6.07) is 8.98. The summed E-state index contributed by atoms with van der Waals surface area (Å²) >= 11 is 0. The second-order valence-corrected chi connectivity index (χ2v) is 6.94. The van der Waals surface area contributed by atoms with Crippen LogP contribution in [0.2, 0.25) is 0 Å². The lowest BCUT2D eigenvalue weighted by atomic mass is 9.70. The summed E-state index contributed by atoms with van der Waals surface area (Å²) in [7, 11) is 0. The van der Waals surface area contributed by atoms with Crippen LogP contribution in [0.1, 0.15) is 19.3 Å². The minimum atomic E-state index is 0.416. The average molecular weight is 310 g/mol. The number of fused-ring (bicyclic) bond motifs is 2. The molecule has 1 N–H and O–H groups in total. The Bertz CT molecular complexity index is 710. The first-order valence-corrected chi connectivity index (χ1v) is 8.74. The van der Waals surface area contributed by atoms with E-state index in [1.165, 1.54) is 25.9 Å². The van der Waals surface area contributed by atoms with Crippen molar-refractivity contribution in [2.45, 2.75) is 37.5 Å². The summed E-state index contributed by atoms with van der Waals surface area (Å²) in [5.74, 6) is 1.51. The van der Waals surface area contributed by atoms with Crippen LogP contribution in [0.15, 0.2) is 30.5 Å². The summed E-state index contributed by atoms with van der Waals surface area (Å²) in [6.45, 7) is 3.32. The maximum absolute atomic E-state index is 6.00. The molecule has 2 saturated heterocycles. The van der Waals surface area contributed by atoms with Crippen molar-refractivity contribution in [1.29, 1.82) is 0 Å². The number of ether oxygens (including phenoxy) is 1. The Morgan fingerprint density at radius 3 is 2.83 bits per heavy atom. The van der Waals surface area contributed by atoms with Gasteiger partial charge in [0, 0.05) is 12.5 Å². The van der Waals surface area contributed by atoms with Gasteiger partial charge in [0.05, 0.1) is 35.4 Å². The van der Waals surface area contributed by atoms with E-state index >= 15 is 0 Å². The lowest BCUT2D eigenvalue weighted by molar-refractivity contribution is -0.0604. The molecule has 23 heavy (non-hydrogen) atoms. The van der Waals surface area contributed by atoms with Crippen LogP contribution in [0.25, 0.3) is 11.0 Å². The molecule has 0 amide bonds. The molecule has 5 heteroatoms. The first-order chi connectivity index (χ1) is 11.4. The predicted molar refractivity (Wildman–Crippen MR) is 89.4 cm³/mol. The molecule has 2 aromatic rings. The third kappa shape index (κ3) is 2.22. The SMILES string of the molecule is c1ccc2nc(N[C@H]3[C@H]4CCO[C@H]4[C@@H]3N3CCCC3)cnc2c1. The van der Waals surface area contributed by atoms with E-state index in [2.05, 4.69) is 15.2 Å². The molecule has 3 fully saturated rings. The van der Waals surface area contributed by atoms with Crippen molar-refractivity contribution < 1.29 is 4.74 Å². The molecule has 1 saturated carbocycles. The van der Waals surface area contributed by atoms with Gasteiger partial charge < -0.3 is 10.1 Å². The zero-order chi connectivity index (χ0) is 15.2. The van der Waals surface area contributed by atoms with E-state index in [1.807, 2.05) is 30.5 Å². The van der Waals surface area contributed by atoms with Crippen LogP contribution in [0, 0.1) is 5.92 Å². The zero-order valence-corrected chi connectivity index (χ0v) is 13.2. The lowest BCUT2D eigenvalue weighted by Gasteiger charge is -2.51. The fraction of sp³-hybridized carbons (Fsp3) is 0.556. The van der Waals surface area contributed by atoms with E-state index in [1.54, 1.807) is 0 Å². The fourth-order valence-corrected chi connectivity index (χ4v) is 4.54. The molecule has 120 valence electrons. The van der Waals surface area contributed by atoms with Gasteiger partial charge in [-0.1, -0.05) is 12.1 Å². The minimum Gasteiger partial charge on any atom is -0.376 e. The van der Waals surface area contributed by atoms with Crippen molar-refractivity contribution in [3.63, 3.8) is 0 Å². The van der Waals surface area contributed by atoms with Crippen LogP contribution < -0.4 is 5.32 Å². The quantitative estimate of drug-likeness (QED) is 0.942. The maximum atomic E-state index is 6.00. The number of hydrogen-bond acceptors (Lipinski definition) is 5.